The molecule has 1 fully saturated rings. The van der Waals surface area contributed by atoms with Crippen molar-refractivity contribution in [1.29, 1.82) is 0 Å². The summed E-state index contributed by atoms with van der Waals surface area (Å²) >= 11 is 0. The summed E-state index contributed by atoms with van der Waals surface area (Å²) in [5.41, 5.74) is 1.99. The highest BCUT2D eigenvalue weighted by Crippen LogP contribution is 2.52. The van der Waals surface area contributed by atoms with Gasteiger partial charge in [0.2, 0.25) is 0 Å². The summed E-state index contributed by atoms with van der Waals surface area (Å²) in [4.78, 5) is 65.3. The minimum atomic E-state index is -1.19. The Bertz CT molecular complexity index is 1660. The molecule has 0 N–H and O–H groups in total. The zero-order valence-corrected chi connectivity index (χ0v) is 23.6. The van der Waals surface area contributed by atoms with Crippen LogP contribution in [0.1, 0.15) is 30.7 Å². The SMILES string of the molecule is Cc1cc2c(OCC(=O)N3CCN(Cc4ccc5ccccc5n4)CC3)c3c1N(OC(=O)/C=C\C(=O)O2)C(=O)C3(C)C. The Morgan fingerprint density at radius 1 is 1.00 bits per heavy atom. The minimum absolute atomic E-state index is 0.0541. The largest absolute Gasteiger partial charge is 0.479 e. The number of piperazine rings is 1. The first-order chi connectivity index (χ1) is 20.1. The van der Waals surface area contributed by atoms with Crippen LogP contribution in [-0.4, -0.2) is 71.3 Å². The van der Waals surface area contributed by atoms with Crippen molar-refractivity contribution in [2.45, 2.75) is 32.7 Å². The summed E-state index contributed by atoms with van der Waals surface area (Å²) in [5, 5.41) is 2.02. The van der Waals surface area contributed by atoms with Crippen LogP contribution in [0.5, 0.6) is 11.5 Å². The molecule has 6 rings (SSSR count). The summed E-state index contributed by atoms with van der Waals surface area (Å²) in [6.45, 7) is 7.77. The van der Waals surface area contributed by atoms with Gasteiger partial charge in [0.15, 0.2) is 18.1 Å². The highest BCUT2D eigenvalue weighted by molar-refractivity contribution is 6.10. The lowest BCUT2D eigenvalue weighted by molar-refractivity contribution is -0.146. The first kappa shape index (κ1) is 27.4. The van der Waals surface area contributed by atoms with E-state index < -0.39 is 23.3 Å². The molecule has 0 radical (unpaired) electrons. The van der Waals surface area contributed by atoms with Gasteiger partial charge in [-0.05, 0) is 44.5 Å². The van der Waals surface area contributed by atoms with Gasteiger partial charge in [-0.2, -0.15) is 0 Å². The number of carbonyl (C=O) groups excluding carboxylic acids is 4. The third-order valence-corrected chi connectivity index (χ3v) is 7.81. The maximum atomic E-state index is 13.3. The summed E-state index contributed by atoms with van der Waals surface area (Å²) < 4.78 is 11.5. The number of carbonyl (C=O) groups is 4. The van der Waals surface area contributed by atoms with E-state index in [9.17, 15) is 19.2 Å². The third kappa shape index (κ3) is 4.96. The van der Waals surface area contributed by atoms with E-state index in [1.807, 2.05) is 30.3 Å². The van der Waals surface area contributed by atoms with Gasteiger partial charge in [-0.15, -0.1) is 5.06 Å². The van der Waals surface area contributed by atoms with Gasteiger partial charge in [0.05, 0.1) is 22.3 Å². The molecule has 0 aliphatic carbocycles. The number of rotatable bonds is 5. The predicted octanol–water partition coefficient (Wildman–Crippen LogP) is 2.82. The van der Waals surface area contributed by atoms with Crippen molar-refractivity contribution < 1.29 is 33.5 Å². The summed E-state index contributed by atoms with van der Waals surface area (Å²) in [5.74, 6) is -2.30. The van der Waals surface area contributed by atoms with Crippen LogP contribution in [0, 0.1) is 6.92 Å². The van der Waals surface area contributed by atoms with Gasteiger partial charge in [-0.3, -0.25) is 19.5 Å². The van der Waals surface area contributed by atoms with E-state index in [4.69, 9.17) is 19.3 Å². The number of nitrogens with zero attached hydrogens (tertiary/aromatic N) is 4. The molecule has 11 nitrogen and oxygen atoms in total. The van der Waals surface area contributed by atoms with Crippen molar-refractivity contribution in [3.63, 3.8) is 0 Å². The van der Waals surface area contributed by atoms with Gasteiger partial charge in [0.25, 0.3) is 11.8 Å². The summed E-state index contributed by atoms with van der Waals surface area (Å²) in [6.07, 6.45) is 1.80. The fourth-order valence-electron chi connectivity index (χ4n) is 5.57. The fourth-order valence-corrected chi connectivity index (χ4v) is 5.57. The first-order valence-electron chi connectivity index (χ1n) is 13.7. The smallest absolute Gasteiger partial charge is 0.356 e. The molecule has 0 atom stereocenters. The lowest BCUT2D eigenvalue weighted by atomic mass is 9.84. The van der Waals surface area contributed by atoms with E-state index in [1.165, 1.54) is 6.07 Å². The van der Waals surface area contributed by atoms with E-state index in [0.29, 0.717) is 49.5 Å². The first-order valence-corrected chi connectivity index (χ1v) is 13.7. The molecule has 42 heavy (non-hydrogen) atoms. The molecule has 4 bridgehead atoms. The normalized spacial score (nSPS) is 19.0. The van der Waals surface area contributed by atoms with Crippen LogP contribution >= 0.6 is 0 Å². The number of fused-ring (bicyclic) bond motifs is 2. The Morgan fingerprint density at radius 3 is 2.52 bits per heavy atom. The number of hydrogen-bond donors (Lipinski definition) is 0. The molecular weight excluding hydrogens is 540 g/mol. The fraction of sp³-hybridized carbons (Fsp3) is 0.323. The van der Waals surface area contributed by atoms with E-state index in [2.05, 4.69) is 11.0 Å². The van der Waals surface area contributed by atoms with E-state index in [0.717, 1.165) is 33.8 Å². The lowest BCUT2D eigenvalue weighted by Crippen LogP contribution is -2.49. The molecule has 4 heterocycles. The van der Waals surface area contributed by atoms with Crippen molar-refractivity contribution in [2.75, 3.05) is 37.8 Å². The second-order valence-electron chi connectivity index (χ2n) is 11.1. The molecule has 3 aromatic rings. The maximum absolute atomic E-state index is 13.3. The van der Waals surface area contributed by atoms with Crippen LogP contribution in [0.25, 0.3) is 10.9 Å². The van der Waals surface area contributed by atoms with E-state index in [-0.39, 0.29) is 24.0 Å². The molecule has 0 unspecified atom stereocenters. The quantitative estimate of drug-likeness (QED) is 0.337. The Kier molecular flexibility index (Phi) is 6.90. The number of pyridine rings is 1. The number of benzene rings is 2. The molecule has 0 spiro atoms. The van der Waals surface area contributed by atoms with Crippen LogP contribution in [0.2, 0.25) is 0 Å². The van der Waals surface area contributed by atoms with E-state index >= 15 is 0 Å². The van der Waals surface area contributed by atoms with E-state index in [1.54, 1.807) is 25.7 Å². The lowest BCUT2D eigenvalue weighted by Gasteiger charge is -2.34. The average Bonchev–Trinajstić information content (AvgIpc) is 3.15. The molecule has 3 aliphatic heterocycles. The monoisotopic (exact) mass is 570 g/mol. The number of esters is 1. The number of hydroxylamine groups is 1. The summed E-state index contributed by atoms with van der Waals surface area (Å²) in [7, 11) is 0. The number of anilines is 1. The zero-order valence-electron chi connectivity index (χ0n) is 23.6. The number of aromatic nitrogens is 1. The molecule has 1 saturated heterocycles. The topological polar surface area (TPSA) is 119 Å². The number of hydrogen-bond acceptors (Lipinski definition) is 9. The molecule has 2 aromatic carbocycles. The predicted molar refractivity (Wildman–Crippen MR) is 152 cm³/mol. The average molecular weight is 571 g/mol. The van der Waals surface area contributed by atoms with Crippen molar-refractivity contribution in [1.82, 2.24) is 14.8 Å². The third-order valence-electron chi connectivity index (χ3n) is 7.81. The Labute approximate surface area is 242 Å². The zero-order chi connectivity index (χ0) is 29.6. The van der Waals surface area contributed by atoms with Gasteiger partial charge in [0, 0.05) is 55.8 Å². The van der Waals surface area contributed by atoms with Gasteiger partial charge in [-0.25, -0.2) is 9.59 Å². The van der Waals surface area contributed by atoms with Crippen molar-refractivity contribution >= 4 is 40.3 Å². The Morgan fingerprint density at radius 2 is 1.74 bits per heavy atom. The van der Waals surface area contributed by atoms with Crippen LogP contribution < -0.4 is 14.5 Å². The minimum Gasteiger partial charge on any atom is -0.479 e. The molecular formula is C31H30N4O7. The molecule has 2 amide bonds. The standard InChI is InChI=1S/C31H30N4O7/c1-19-16-23-29(27-28(19)35(30(39)31(27,2)3)42-26(38)11-10-25(37)41-23)40-18-24(36)34-14-12-33(13-15-34)17-21-9-8-20-6-4-5-7-22(20)32-21/h4-11,16H,12-15,17-18H2,1-3H3/b11-10-. The highest BCUT2D eigenvalue weighted by Gasteiger charge is 2.50. The second-order valence-corrected chi connectivity index (χ2v) is 11.1. The summed E-state index contributed by atoms with van der Waals surface area (Å²) in [6, 6.07) is 13.6. The van der Waals surface area contributed by atoms with Crippen molar-refractivity contribution in [3.05, 3.63) is 71.4 Å². The Balaban J connectivity index is 1.17. The van der Waals surface area contributed by atoms with Gasteiger partial charge >= 0.3 is 11.9 Å². The molecule has 3 aliphatic rings. The molecule has 11 heteroatoms. The highest BCUT2D eigenvalue weighted by atomic mass is 16.7. The van der Waals surface area contributed by atoms with Crippen LogP contribution in [0.15, 0.2) is 54.6 Å². The number of para-hydroxylation sites is 1. The molecule has 216 valence electrons. The molecule has 1 aromatic heterocycles. The van der Waals surface area contributed by atoms with Crippen molar-refractivity contribution in [3.8, 4) is 11.5 Å². The van der Waals surface area contributed by atoms with Gasteiger partial charge in [-0.1, -0.05) is 24.3 Å². The second kappa shape index (κ2) is 10.6. The maximum Gasteiger partial charge on any atom is 0.356 e. The van der Waals surface area contributed by atoms with Gasteiger partial charge < -0.3 is 19.2 Å². The Hall–Kier alpha value is -4.77. The number of ether oxygens (including phenoxy) is 2. The molecule has 0 saturated carbocycles. The van der Waals surface area contributed by atoms with Gasteiger partial charge in [0.1, 0.15) is 0 Å². The number of aryl methyl sites for hydroxylation is 1. The van der Waals surface area contributed by atoms with Crippen LogP contribution in [0.4, 0.5) is 5.69 Å². The number of amides is 2. The van der Waals surface area contributed by atoms with Crippen LogP contribution in [0.3, 0.4) is 0 Å². The van der Waals surface area contributed by atoms with Crippen LogP contribution in [-0.2, 0) is 36.0 Å². The van der Waals surface area contributed by atoms with Crippen molar-refractivity contribution in [2.24, 2.45) is 0 Å².